The van der Waals surface area contributed by atoms with Crippen LogP contribution in [0, 0.1) is 0 Å². The van der Waals surface area contributed by atoms with Gasteiger partial charge in [-0.2, -0.15) is 5.10 Å². The maximum Gasteiger partial charge on any atom is 0.159 e. The lowest BCUT2D eigenvalue weighted by atomic mass is 10.1. The molecule has 6 aromatic heterocycles. The van der Waals surface area contributed by atoms with Crippen molar-refractivity contribution in [1.82, 2.24) is 40.1 Å². The van der Waals surface area contributed by atoms with E-state index in [-0.39, 0.29) is 5.75 Å². The molecule has 0 bridgehead atoms. The highest BCUT2D eigenvalue weighted by Crippen LogP contribution is 2.32. The molecule has 6 aromatic rings. The molecule has 0 saturated heterocycles. The van der Waals surface area contributed by atoms with E-state index in [0.717, 1.165) is 33.1 Å². The van der Waals surface area contributed by atoms with Crippen LogP contribution in [0.2, 0.25) is 0 Å². The van der Waals surface area contributed by atoms with E-state index >= 15 is 0 Å². The Kier molecular flexibility index (Phi) is 3.72. The minimum absolute atomic E-state index is 0.0836. The van der Waals surface area contributed by atoms with Crippen LogP contribution in [-0.4, -0.2) is 45.2 Å². The summed E-state index contributed by atoms with van der Waals surface area (Å²) in [5, 5.41) is 18.1. The zero-order valence-corrected chi connectivity index (χ0v) is 16.0. The number of fused-ring (bicyclic) bond motifs is 2. The first-order valence-corrected chi connectivity index (χ1v) is 9.49. The Morgan fingerprint density at radius 3 is 2.55 bits per heavy atom. The van der Waals surface area contributed by atoms with Gasteiger partial charge in [0.2, 0.25) is 0 Å². The van der Waals surface area contributed by atoms with Crippen LogP contribution in [0.25, 0.3) is 55.8 Å². The van der Waals surface area contributed by atoms with Gasteiger partial charge < -0.3 is 10.1 Å². The Hall–Kier alpha value is -4.66. The van der Waals surface area contributed by atoms with Gasteiger partial charge in [-0.25, -0.2) is 4.98 Å². The van der Waals surface area contributed by atoms with Crippen LogP contribution in [0.1, 0.15) is 0 Å². The standard InChI is InChI=1S/C22H14N8O/c31-14-5-13(7-24-8-14)17-6-15-18(11-26-17)29-30-21(15)22-27-19-10-25-9-16(20(19)28-22)12-1-3-23-4-2-12/h1-11,31H,(H,27,28)(H,29,30). The molecular weight excluding hydrogens is 392 g/mol. The summed E-state index contributed by atoms with van der Waals surface area (Å²) in [7, 11) is 0. The zero-order chi connectivity index (χ0) is 20.8. The normalized spacial score (nSPS) is 11.4. The number of aromatic amines is 2. The minimum Gasteiger partial charge on any atom is -0.506 e. The molecule has 9 heteroatoms. The van der Waals surface area contributed by atoms with Gasteiger partial charge in [0.15, 0.2) is 5.82 Å². The predicted molar refractivity (Wildman–Crippen MR) is 115 cm³/mol. The van der Waals surface area contributed by atoms with Gasteiger partial charge in [0.05, 0.1) is 40.8 Å². The lowest BCUT2D eigenvalue weighted by molar-refractivity contribution is 0.473. The fourth-order valence-electron chi connectivity index (χ4n) is 3.61. The molecule has 6 heterocycles. The summed E-state index contributed by atoms with van der Waals surface area (Å²) in [6, 6.07) is 7.38. The van der Waals surface area contributed by atoms with E-state index in [4.69, 9.17) is 4.98 Å². The van der Waals surface area contributed by atoms with E-state index in [0.29, 0.717) is 22.8 Å². The largest absolute Gasteiger partial charge is 0.506 e. The van der Waals surface area contributed by atoms with Crippen molar-refractivity contribution in [2.75, 3.05) is 0 Å². The molecule has 0 atom stereocenters. The van der Waals surface area contributed by atoms with Gasteiger partial charge in [-0.1, -0.05) is 0 Å². The summed E-state index contributed by atoms with van der Waals surface area (Å²) in [5.41, 5.74) is 6.35. The van der Waals surface area contributed by atoms with Crippen LogP contribution in [-0.2, 0) is 0 Å². The Bertz CT molecular complexity index is 1550. The molecule has 0 aliphatic rings. The molecular formula is C22H14N8O. The van der Waals surface area contributed by atoms with Crippen LogP contribution < -0.4 is 0 Å². The summed E-state index contributed by atoms with van der Waals surface area (Å²) >= 11 is 0. The lowest BCUT2D eigenvalue weighted by Crippen LogP contribution is -1.86. The van der Waals surface area contributed by atoms with Crippen molar-refractivity contribution in [3.63, 3.8) is 0 Å². The Morgan fingerprint density at radius 1 is 0.806 bits per heavy atom. The van der Waals surface area contributed by atoms with Crippen LogP contribution in [0.5, 0.6) is 5.75 Å². The van der Waals surface area contributed by atoms with Gasteiger partial charge in [-0.3, -0.25) is 25.0 Å². The Morgan fingerprint density at radius 2 is 1.68 bits per heavy atom. The van der Waals surface area contributed by atoms with E-state index in [9.17, 15) is 5.11 Å². The number of aromatic nitrogens is 8. The molecule has 3 N–H and O–H groups in total. The van der Waals surface area contributed by atoms with Crippen LogP contribution >= 0.6 is 0 Å². The van der Waals surface area contributed by atoms with E-state index < -0.39 is 0 Å². The third-order valence-corrected chi connectivity index (χ3v) is 5.08. The molecule has 0 aliphatic carbocycles. The topological polar surface area (TPSA) is 129 Å². The van der Waals surface area contributed by atoms with Crippen molar-refractivity contribution in [2.45, 2.75) is 0 Å². The number of hydrogen-bond donors (Lipinski definition) is 3. The van der Waals surface area contributed by atoms with Crippen molar-refractivity contribution in [1.29, 1.82) is 0 Å². The highest BCUT2D eigenvalue weighted by atomic mass is 16.3. The van der Waals surface area contributed by atoms with Gasteiger partial charge in [0.1, 0.15) is 11.4 Å². The minimum atomic E-state index is 0.0836. The first-order chi connectivity index (χ1) is 15.3. The first-order valence-electron chi connectivity index (χ1n) is 9.49. The van der Waals surface area contributed by atoms with Crippen LogP contribution in [0.15, 0.2) is 67.6 Å². The maximum atomic E-state index is 9.75. The summed E-state index contributed by atoms with van der Waals surface area (Å²) in [5.74, 6) is 0.705. The number of pyridine rings is 4. The second-order valence-corrected chi connectivity index (χ2v) is 7.02. The molecule has 0 radical (unpaired) electrons. The molecule has 9 nitrogen and oxygen atoms in total. The molecule has 0 fully saturated rings. The third kappa shape index (κ3) is 2.87. The van der Waals surface area contributed by atoms with E-state index in [1.165, 1.54) is 6.20 Å². The average molecular weight is 406 g/mol. The number of hydrogen-bond acceptors (Lipinski definition) is 7. The molecule has 0 aliphatic heterocycles. The summed E-state index contributed by atoms with van der Waals surface area (Å²) in [6.45, 7) is 0. The number of H-pyrrole nitrogens is 2. The summed E-state index contributed by atoms with van der Waals surface area (Å²) in [4.78, 5) is 25.1. The highest BCUT2D eigenvalue weighted by Gasteiger charge is 2.16. The molecule has 6 rings (SSSR count). The fraction of sp³-hybridized carbons (Fsp3) is 0. The third-order valence-electron chi connectivity index (χ3n) is 5.08. The van der Waals surface area contributed by atoms with Gasteiger partial charge in [-0.05, 0) is 29.8 Å². The Balaban J connectivity index is 1.51. The SMILES string of the molecule is Oc1cncc(-c2cc3c(-c4nc5c(-c6ccncc6)cncc5[nH]4)n[nH]c3cn2)c1. The molecule has 31 heavy (non-hydrogen) atoms. The van der Waals surface area contributed by atoms with Crippen molar-refractivity contribution >= 4 is 21.9 Å². The predicted octanol–water partition coefficient (Wildman–Crippen LogP) is 3.73. The van der Waals surface area contributed by atoms with E-state index in [1.807, 2.05) is 18.2 Å². The number of aromatic hydroxyl groups is 1. The quantitative estimate of drug-likeness (QED) is 0.408. The molecule has 148 valence electrons. The number of rotatable bonds is 3. The van der Waals surface area contributed by atoms with Crippen molar-refractivity contribution < 1.29 is 5.11 Å². The number of nitrogens with zero attached hydrogens (tertiary/aromatic N) is 6. The van der Waals surface area contributed by atoms with E-state index in [2.05, 4.69) is 35.1 Å². The number of nitrogens with one attached hydrogen (secondary N) is 2. The van der Waals surface area contributed by atoms with Crippen molar-refractivity contribution in [3.8, 4) is 39.7 Å². The summed E-state index contributed by atoms with van der Waals surface area (Å²) < 4.78 is 0. The zero-order valence-electron chi connectivity index (χ0n) is 16.0. The monoisotopic (exact) mass is 406 g/mol. The molecule has 0 unspecified atom stereocenters. The average Bonchev–Trinajstić information content (AvgIpc) is 3.43. The van der Waals surface area contributed by atoms with Crippen molar-refractivity contribution in [2.24, 2.45) is 0 Å². The molecule has 0 spiro atoms. The summed E-state index contributed by atoms with van der Waals surface area (Å²) in [6.07, 6.45) is 11.8. The van der Waals surface area contributed by atoms with Crippen LogP contribution in [0.3, 0.4) is 0 Å². The Labute approximate surface area is 174 Å². The van der Waals surface area contributed by atoms with Gasteiger partial charge >= 0.3 is 0 Å². The first kappa shape index (κ1) is 17.2. The van der Waals surface area contributed by atoms with Gasteiger partial charge in [-0.15, -0.1) is 0 Å². The molecule has 0 aromatic carbocycles. The fourth-order valence-corrected chi connectivity index (χ4v) is 3.61. The van der Waals surface area contributed by atoms with Gasteiger partial charge in [0.25, 0.3) is 0 Å². The second-order valence-electron chi connectivity index (χ2n) is 7.02. The molecule has 0 amide bonds. The highest BCUT2D eigenvalue weighted by molar-refractivity contribution is 5.97. The second kappa shape index (κ2) is 6.70. The van der Waals surface area contributed by atoms with Crippen LogP contribution in [0.4, 0.5) is 0 Å². The number of imidazole rings is 1. The van der Waals surface area contributed by atoms with E-state index in [1.54, 1.807) is 43.2 Å². The maximum absolute atomic E-state index is 9.75. The molecule has 0 saturated carbocycles. The lowest BCUT2D eigenvalue weighted by Gasteiger charge is -2.01. The van der Waals surface area contributed by atoms with Gasteiger partial charge in [0, 0.05) is 41.3 Å². The van der Waals surface area contributed by atoms with Crippen molar-refractivity contribution in [3.05, 3.63) is 67.6 Å². The smallest absolute Gasteiger partial charge is 0.159 e.